The molecule has 0 fully saturated rings. The molecule has 0 amide bonds. The Hall–Kier alpha value is -3.06. The minimum atomic E-state index is -3.70. The zero-order valence-corrected chi connectivity index (χ0v) is 16.1. The Kier molecular flexibility index (Phi) is 5.32. The van der Waals surface area contributed by atoms with E-state index in [-0.39, 0.29) is 4.90 Å². The van der Waals surface area contributed by atoms with E-state index in [0.29, 0.717) is 28.6 Å². The van der Waals surface area contributed by atoms with Crippen molar-refractivity contribution in [3.05, 3.63) is 66.7 Å². The highest BCUT2D eigenvalue weighted by atomic mass is 32.2. The minimum absolute atomic E-state index is 0.207. The Morgan fingerprint density at radius 3 is 2.30 bits per heavy atom. The smallest absolute Gasteiger partial charge is 0.265 e. The van der Waals surface area contributed by atoms with Gasteiger partial charge in [0.25, 0.3) is 10.0 Å². The number of aromatic nitrogens is 1. The molecule has 0 unspecified atom stereocenters. The maximum atomic E-state index is 12.8. The average molecular weight is 384 g/mol. The van der Waals surface area contributed by atoms with Crippen LogP contribution in [0.2, 0.25) is 0 Å². The molecule has 0 aliphatic carbocycles. The number of nitrogens with zero attached hydrogens (tertiary/aromatic N) is 2. The van der Waals surface area contributed by atoms with Crippen LogP contribution < -0.4 is 13.8 Å². The Morgan fingerprint density at radius 1 is 0.889 bits per heavy atom. The van der Waals surface area contributed by atoms with Gasteiger partial charge in [-0.15, -0.1) is 0 Å². The highest BCUT2D eigenvalue weighted by Gasteiger charge is 2.22. The first-order chi connectivity index (χ1) is 13.0. The third kappa shape index (κ3) is 3.73. The molecule has 6 nitrogen and oxygen atoms in total. The molecule has 0 saturated heterocycles. The predicted octanol–water partition coefficient (Wildman–Crippen LogP) is 3.59. The van der Waals surface area contributed by atoms with Gasteiger partial charge in [0, 0.05) is 12.6 Å². The maximum Gasteiger partial charge on any atom is 0.265 e. The number of anilines is 1. The van der Waals surface area contributed by atoms with Crippen LogP contribution >= 0.6 is 0 Å². The summed E-state index contributed by atoms with van der Waals surface area (Å²) in [5.74, 6) is 1.58. The Morgan fingerprint density at radius 2 is 1.63 bits per heavy atom. The molecule has 1 heterocycles. The molecular formula is C20H20N2O4S. The summed E-state index contributed by atoms with van der Waals surface area (Å²) in [5, 5.41) is 0. The molecule has 0 bridgehead atoms. The van der Waals surface area contributed by atoms with Gasteiger partial charge in [0.05, 0.1) is 24.8 Å². The lowest BCUT2D eigenvalue weighted by molar-refractivity contribution is 0.404. The van der Waals surface area contributed by atoms with Crippen LogP contribution in [0.25, 0.3) is 11.3 Å². The van der Waals surface area contributed by atoms with E-state index < -0.39 is 10.0 Å². The lowest BCUT2D eigenvalue weighted by atomic mass is 10.1. The van der Waals surface area contributed by atoms with Gasteiger partial charge < -0.3 is 9.47 Å². The number of sulfonamides is 1. The lowest BCUT2D eigenvalue weighted by Crippen LogP contribution is -2.27. The van der Waals surface area contributed by atoms with Gasteiger partial charge in [0.15, 0.2) is 0 Å². The summed E-state index contributed by atoms with van der Waals surface area (Å²) in [6, 6.07) is 18.8. The van der Waals surface area contributed by atoms with Crippen molar-refractivity contribution in [3.63, 3.8) is 0 Å². The third-order valence-electron chi connectivity index (χ3n) is 4.14. The largest absolute Gasteiger partial charge is 0.497 e. The average Bonchev–Trinajstić information content (AvgIpc) is 2.73. The molecule has 0 aliphatic heterocycles. The molecule has 27 heavy (non-hydrogen) atoms. The van der Waals surface area contributed by atoms with Crippen LogP contribution in [0.5, 0.6) is 11.5 Å². The molecule has 7 heteroatoms. The van der Waals surface area contributed by atoms with Crippen LogP contribution in [-0.2, 0) is 10.0 Å². The molecule has 0 atom stereocenters. The summed E-state index contributed by atoms with van der Waals surface area (Å²) < 4.78 is 37.5. The second-order valence-electron chi connectivity index (χ2n) is 5.73. The summed E-state index contributed by atoms with van der Waals surface area (Å²) in [6.45, 7) is 0. The van der Waals surface area contributed by atoms with Gasteiger partial charge in [-0.05, 0) is 42.5 Å². The monoisotopic (exact) mass is 384 g/mol. The normalized spacial score (nSPS) is 11.1. The predicted molar refractivity (Wildman–Crippen MR) is 105 cm³/mol. The fourth-order valence-corrected chi connectivity index (χ4v) is 3.80. The first-order valence-electron chi connectivity index (χ1n) is 8.21. The second-order valence-corrected chi connectivity index (χ2v) is 7.70. The molecule has 0 spiro atoms. The second kappa shape index (κ2) is 7.67. The van der Waals surface area contributed by atoms with Crippen molar-refractivity contribution in [2.24, 2.45) is 0 Å². The zero-order valence-electron chi connectivity index (χ0n) is 15.3. The van der Waals surface area contributed by atoms with Crippen LogP contribution in [0.3, 0.4) is 0 Å². The van der Waals surface area contributed by atoms with E-state index in [1.54, 1.807) is 80.9 Å². The zero-order chi connectivity index (χ0) is 19.4. The summed E-state index contributed by atoms with van der Waals surface area (Å²) >= 11 is 0. The SMILES string of the molecule is COc1ccc(OC)c(-c2cccc(N(C)S(=O)(=O)c3ccccc3)n2)c1. The molecule has 3 aromatic rings. The lowest BCUT2D eigenvalue weighted by Gasteiger charge is -2.19. The summed E-state index contributed by atoms with van der Waals surface area (Å²) in [7, 11) is 0.928. The molecule has 1 aromatic heterocycles. The van der Waals surface area contributed by atoms with Gasteiger partial charge in [0.1, 0.15) is 17.3 Å². The first kappa shape index (κ1) is 18.7. The van der Waals surface area contributed by atoms with Gasteiger partial charge in [-0.25, -0.2) is 13.4 Å². The van der Waals surface area contributed by atoms with Gasteiger partial charge in [-0.2, -0.15) is 0 Å². The van der Waals surface area contributed by atoms with Crippen LogP contribution in [0.15, 0.2) is 71.6 Å². The van der Waals surface area contributed by atoms with Crippen molar-refractivity contribution in [2.75, 3.05) is 25.6 Å². The van der Waals surface area contributed by atoms with Crippen LogP contribution in [0.4, 0.5) is 5.82 Å². The van der Waals surface area contributed by atoms with E-state index in [1.807, 2.05) is 0 Å². The summed E-state index contributed by atoms with van der Waals surface area (Å²) in [6.07, 6.45) is 0. The number of benzene rings is 2. The number of pyridine rings is 1. The topological polar surface area (TPSA) is 68.7 Å². The van der Waals surface area contributed by atoms with Crippen LogP contribution in [0.1, 0.15) is 0 Å². The third-order valence-corrected chi connectivity index (χ3v) is 5.92. The van der Waals surface area contributed by atoms with Crippen molar-refractivity contribution in [2.45, 2.75) is 4.90 Å². The van der Waals surface area contributed by atoms with Crippen molar-refractivity contribution >= 4 is 15.8 Å². The van der Waals surface area contributed by atoms with E-state index in [4.69, 9.17) is 9.47 Å². The van der Waals surface area contributed by atoms with E-state index in [2.05, 4.69) is 4.98 Å². The standard InChI is InChI=1S/C20H20N2O4S/c1-22(27(23,24)16-8-5-4-6-9-16)20-11-7-10-18(21-20)17-14-15(25-2)12-13-19(17)26-3/h4-14H,1-3H3. The quantitative estimate of drug-likeness (QED) is 0.650. The Labute approximate surface area is 159 Å². The van der Waals surface area contributed by atoms with Crippen molar-refractivity contribution in [1.29, 1.82) is 0 Å². The molecule has 0 aliphatic rings. The molecule has 2 aromatic carbocycles. The van der Waals surface area contributed by atoms with Crippen molar-refractivity contribution < 1.29 is 17.9 Å². The van der Waals surface area contributed by atoms with Crippen LogP contribution in [-0.4, -0.2) is 34.7 Å². The molecular weight excluding hydrogens is 364 g/mol. The number of ether oxygens (including phenoxy) is 2. The minimum Gasteiger partial charge on any atom is -0.497 e. The highest BCUT2D eigenvalue weighted by molar-refractivity contribution is 7.92. The number of hydrogen-bond donors (Lipinski definition) is 0. The number of methoxy groups -OCH3 is 2. The molecule has 0 radical (unpaired) electrons. The maximum absolute atomic E-state index is 12.8. The Bertz CT molecular complexity index is 1040. The molecule has 0 N–H and O–H groups in total. The van der Waals surface area contributed by atoms with Crippen molar-refractivity contribution in [1.82, 2.24) is 4.98 Å². The van der Waals surface area contributed by atoms with Crippen molar-refractivity contribution in [3.8, 4) is 22.8 Å². The van der Waals surface area contributed by atoms with Crippen LogP contribution in [0, 0.1) is 0 Å². The fraction of sp³-hybridized carbons (Fsp3) is 0.150. The van der Waals surface area contributed by atoms with Gasteiger partial charge in [-0.1, -0.05) is 24.3 Å². The van der Waals surface area contributed by atoms with E-state index in [9.17, 15) is 8.42 Å². The number of hydrogen-bond acceptors (Lipinski definition) is 5. The molecule has 0 saturated carbocycles. The number of rotatable bonds is 6. The van der Waals surface area contributed by atoms with E-state index in [0.717, 1.165) is 0 Å². The first-order valence-corrected chi connectivity index (χ1v) is 9.65. The van der Waals surface area contributed by atoms with Gasteiger partial charge in [0.2, 0.25) is 0 Å². The fourth-order valence-electron chi connectivity index (χ4n) is 2.64. The van der Waals surface area contributed by atoms with Gasteiger partial charge >= 0.3 is 0 Å². The van der Waals surface area contributed by atoms with E-state index >= 15 is 0 Å². The summed E-state index contributed by atoms with van der Waals surface area (Å²) in [4.78, 5) is 4.74. The highest BCUT2D eigenvalue weighted by Crippen LogP contribution is 2.33. The Balaban J connectivity index is 2.04. The molecule has 140 valence electrons. The van der Waals surface area contributed by atoms with Gasteiger partial charge in [-0.3, -0.25) is 4.31 Å². The molecule has 3 rings (SSSR count). The summed E-state index contributed by atoms with van der Waals surface area (Å²) in [5.41, 5.74) is 1.29. The van der Waals surface area contributed by atoms with E-state index in [1.165, 1.54) is 11.4 Å².